The second kappa shape index (κ2) is 8.88. The van der Waals surface area contributed by atoms with E-state index in [9.17, 15) is 23.1 Å². The molecule has 3 N–H and O–H groups in total. The number of hydrogen-bond acceptors (Lipinski definition) is 5. The van der Waals surface area contributed by atoms with Crippen LogP contribution in [0.5, 0.6) is 0 Å². The fourth-order valence-electron chi connectivity index (χ4n) is 3.66. The summed E-state index contributed by atoms with van der Waals surface area (Å²) in [5.74, 6) is -0.344. The summed E-state index contributed by atoms with van der Waals surface area (Å²) in [4.78, 5) is 17.2. The second-order valence-electron chi connectivity index (χ2n) is 7.81. The third-order valence-electron chi connectivity index (χ3n) is 5.43. The number of carbonyl (C=O) groups excluding carboxylic acids is 1. The van der Waals surface area contributed by atoms with Crippen LogP contribution in [0.25, 0.3) is 16.9 Å². The molecule has 0 spiro atoms. The fourth-order valence-corrected chi connectivity index (χ4v) is 3.66. The van der Waals surface area contributed by atoms with E-state index >= 15 is 0 Å². The molecular formula is C24H21F3N4O3. The Morgan fingerprint density at radius 1 is 1.06 bits per heavy atom. The Morgan fingerprint density at radius 3 is 2.35 bits per heavy atom. The molecule has 0 fully saturated rings. The number of anilines is 1. The number of nitrogens with zero attached hydrogens (tertiary/aromatic N) is 3. The van der Waals surface area contributed by atoms with Crippen molar-refractivity contribution in [3.63, 3.8) is 0 Å². The molecule has 0 aliphatic carbocycles. The smallest absolute Gasteiger partial charge is 0.396 e. The topological polar surface area (TPSA) is 99.8 Å². The highest BCUT2D eigenvalue weighted by molar-refractivity contribution is 6.04. The van der Waals surface area contributed by atoms with Crippen LogP contribution in [0.1, 0.15) is 28.0 Å². The molecule has 0 saturated heterocycles. The third kappa shape index (κ3) is 4.37. The van der Waals surface area contributed by atoms with Crippen LogP contribution < -0.4 is 5.32 Å². The van der Waals surface area contributed by atoms with Crippen LogP contribution in [0.15, 0.2) is 66.7 Å². The number of carbonyl (C=O) groups is 1. The predicted octanol–water partition coefficient (Wildman–Crippen LogP) is 4.09. The largest absolute Gasteiger partial charge is 0.421 e. The standard InChI is InChI=1S/C24H21F3N4O3/c1-15-13-21-28-20(14-19(31(21)30-15)16-5-3-2-4-6-16)29-22(33)17-7-9-18(10-8-17)23(34,11-12-32)24(25,26)27/h2-10,13-14,32,34H,11-12H2,1H3,(H,28,29,33). The number of alkyl halides is 3. The van der Waals surface area contributed by atoms with Crippen molar-refractivity contribution in [3.8, 4) is 11.3 Å². The van der Waals surface area contributed by atoms with Gasteiger partial charge < -0.3 is 15.5 Å². The van der Waals surface area contributed by atoms with Gasteiger partial charge in [0.05, 0.1) is 11.4 Å². The maximum Gasteiger partial charge on any atom is 0.421 e. The van der Waals surface area contributed by atoms with E-state index in [0.717, 1.165) is 23.4 Å². The van der Waals surface area contributed by atoms with Gasteiger partial charge in [0.1, 0.15) is 5.82 Å². The van der Waals surface area contributed by atoms with Crippen molar-refractivity contribution in [1.82, 2.24) is 14.6 Å². The van der Waals surface area contributed by atoms with E-state index in [1.807, 2.05) is 37.3 Å². The quantitative estimate of drug-likeness (QED) is 0.394. The second-order valence-corrected chi connectivity index (χ2v) is 7.81. The summed E-state index contributed by atoms with van der Waals surface area (Å²) in [6.07, 6.45) is -5.91. The van der Waals surface area contributed by atoms with Gasteiger partial charge in [-0.05, 0) is 24.6 Å². The van der Waals surface area contributed by atoms with Gasteiger partial charge >= 0.3 is 6.18 Å². The maximum atomic E-state index is 13.4. The molecule has 176 valence electrons. The molecule has 10 heteroatoms. The molecule has 0 aliphatic heterocycles. The summed E-state index contributed by atoms with van der Waals surface area (Å²) in [7, 11) is 0. The first kappa shape index (κ1) is 23.4. The molecule has 0 bridgehead atoms. The van der Waals surface area contributed by atoms with E-state index < -0.39 is 36.3 Å². The summed E-state index contributed by atoms with van der Waals surface area (Å²) in [6.45, 7) is 0.965. The Hall–Kier alpha value is -3.76. The molecule has 2 aromatic heterocycles. The van der Waals surface area contributed by atoms with Gasteiger partial charge in [-0.1, -0.05) is 42.5 Å². The van der Waals surface area contributed by atoms with Crippen molar-refractivity contribution in [2.45, 2.75) is 25.1 Å². The van der Waals surface area contributed by atoms with Crippen molar-refractivity contribution in [2.75, 3.05) is 11.9 Å². The molecule has 7 nitrogen and oxygen atoms in total. The van der Waals surface area contributed by atoms with Gasteiger partial charge in [-0.15, -0.1) is 0 Å². The average molecular weight is 470 g/mol. The van der Waals surface area contributed by atoms with Crippen LogP contribution >= 0.6 is 0 Å². The number of benzene rings is 2. The molecule has 0 radical (unpaired) electrons. The van der Waals surface area contributed by atoms with Gasteiger partial charge in [0.15, 0.2) is 11.2 Å². The lowest BCUT2D eigenvalue weighted by molar-refractivity contribution is -0.271. The van der Waals surface area contributed by atoms with Gasteiger partial charge in [0.25, 0.3) is 5.91 Å². The van der Waals surface area contributed by atoms with Crippen LogP contribution in [-0.4, -0.2) is 43.5 Å². The fraction of sp³-hybridized carbons (Fsp3) is 0.208. The maximum absolute atomic E-state index is 13.4. The van der Waals surface area contributed by atoms with Crippen molar-refractivity contribution in [2.24, 2.45) is 0 Å². The van der Waals surface area contributed by atoms with E-state index in [-0.39, 0.29) is 11.4 Å². The normalized spacial score (nSPS) is 13.6. The zero-order chi connectivity index (χ0) is 24.5. The summed E-state index contributed by atoms with van der Waals surface area (Å²) in [5.41, 5.74) is -0.797. The van der Waals surface area contributed by atoms with Crippen molar-refractivity contribution >= 4 is 17.4 Å². The lowest BCUT2D eigenvalue weighted by atomic mass is 9.89. The van der Waals surface area contributed by atoms with Crippen LogP contribution in [-0.2, 0) is 5.60 Å². The van der Waals surface area contributed by atoms with Crippen molar-refractivity contribution in [3.05, 3.63) is 83.6 Å². The number of nitrogens with one attached hydrogen (secondary N) is 1. The first-order chi connectivity index (χ1) is 16.1. The van der Waals surface area contributed by atoms with E-state index in [1.54, 1.807) is 16.6 Å². The minimum absolute atomic E-state index is 0.0740. The van der Waals surface area contributed by atoms with Crippen LogP contribution in [0.4, 0.5) is 19.0 Å². The van der Waals surface area contributed by atoms with E-state index in [2.05, 4.69) is 15.4 Å². The van der Waals surface area contributed by atoms with Crippen LogP contribution in [0, 0.1) is 6.92 Å². The summed E-state index contributed by atoms with van der Waals surface area (Å²) in [6, 6.07) is 17.2. The molecule has 2 aromatic carbocycles. The minimum atomic E-state index is -4.99. The number of fused-ring (bicyclic) bond motifs is 1. The zero-order valence-corrected chi connectivity index (χ0v) is 18.0. The number of halogens is 3. The number of hydrogen-bond donors (Lipinski definition) is 3. The van der Waals surface area contributed by atoms with Gasteiger partial charge in [-0.3, -0.25) is 4.79 Å². The molecule has 4 aromatic rings. The summed E-state index contributed by atoms with van der Waals surface area (Å²) in [5, 5.41) is 26.2. The molecule has 1 amide bonds. The first-order valence-electron chi connectivity index (χ1n) is 10.4. The number of rotatable bonds is 6. The lowest BCUT2D eigenvalue weighted by Crippen LogP contribution is -2.43. The Kier molecular flexibility index (Phi) is 6.11. The van der Waals surface area contributed by atoms with E-state index in [1.165, 1.54) is 12.1 Å². The molecule has 2 heterocycles. The Labute approximate surface area is 192 Å². The molecule has 0 aliphatic rings. The molecule has 34 heavy (non-hydrogen) atoms. The number of aromatic nitrogens is 3. The average Bonchev–Trinajstić information content (AvgIpc) is 3.18. The van der Waals surface area contributed by atoms with Crippen molar-refractivity contribution < 1.29 is 28.2 Å². The molecule has 0 saturated carbocycles. The van der Waals surface area contributed by atoms with Gasteiger partial charge in [-0.25, -0.2) is 9.50 Å². The lowest BCUT2D eigenvalue weighted by Gasteiger charge is -2.30. The SMILES string of the molecule is Cc1cc2nc(NC(=O)c3ccc(C(O)(CCO)C(F)(F)F)cc3)cc(-c3ccccc3)n2n1. The monoisotopic (exact) mass is 470 g/mol. The Balaban J connectivity index is 1.64. The first-order valence-corrected chi connectivity index (χ1v) is 10.4. The molecular weight excluding hydrogens is 449 g/mol. The van der Waals surface area contributed by atoms with Crippen LogP contribution in [0.3, 0.4) is 0 Å². The predicted molar refractivity (Wildman–Crippen MR) is 119 cm³/mol. The third-order valence-corrected chi connectivity index (χ3v) is 5.43. The molecule has 1 unspecified atom stereocenters. The number of aliphatic hydroxyl groups excluding tert-OH is 1. The number of aryl methyl sites for hydroxylation is 1. The zero-order valence-electron chi connectivity index (χ0n) is 18.0. The number of aliphatic hydroxyl groups is 2. The minimum Gasteiger partial charge on any atom is -0.396 e. The van der Waals surface area contributed by atoms with Gasteiger partial charge in [0, 0.05) is 36.3 Å². The summed E-state index contributed by atoms with van der Waals surface area (Å²) < 4.78 is 41.8. The van der Waals surface area contributed by atoms with E-state index in [0.29, 0.717) is 11.3 Å². The Morgan fingerprint density at radius 2 is 1.74 bits per heavy atom. The molecule has 1 atom stereocenters. The Bertz CT molecular complexity index is 1320. The highest BCUT2D eigenvalue weighted by Crippen LogP contribution is 2.41. The summed E-state index contributed by atoms with van der Waals surface area (Å²) >= 11 is 0. The van der Waals surface area contributed by atoms with Gasteiger partial charge in [0.2, 0.25) is 0 Å². The van der Waals surface area contributed by atoms with Gasteiger partial charge in [-0.2, -0.15) is 18.3 Å². The highest BCUT2D eigenvalue weighted by Gasteiger charge is 2.54. The van der Waals surface area contributed by atoms with Crippen molar-refractivity contribution in [1.29, 1.82) is 0 Å². The number of amides is 1. The van der Waals surface area contributed by atoms with Crippen LogP contribution in [0.2, 0.25) is 0 Å². The van der Waals surface area contributed by atoms with E-state index in [4.69, 9.17) is 5.11 Å². The molecule has 4 rings (SSSR count). The highest BCUT2D eigenvalue weighted by atomic mass is 19.4.